The molecule has 0 heterocycles. The van der Waals surface area contributed by atoms with Crippen LogP contribution in [0.5, 0.6) is 0 Å². The Hall–Kier alpha value is -2.30. The molecule has 0 aliphatic heterocycles. The van der Waals surface area contributed by atoms with E-state index < -0.39 is 5.97 Å². The van der Waals surface area contributed by atoms with Gasteiger partial charge in [-0.25, -0.2) is 9.59 Å². The molecule has 3 N–H and O–H groups in total. The summed E-state index contributed by atoms with van der Waals surface area (Å²) in [5.74, 6) is -0.0935. The number of carboxylic acid groups (broad SMARTS) is 1. The molecule has 5 heteroatoms. The number of carbonyl (C=O) groups is 2. The van der Waals surface area contributed by atoms with Gasteiger partial charge < -0.3 is 15.7 Å². The van der Waals surface area contributed by atoms with Gasteiger partial charge in [0.05, 0.1) is 0 Å². The van der Waals surface area contributed by atoms with Gasteiger partial charge in [-0.15, -0.1) is 0 Å². The molecule has 1 saturated carbocycles. The number of urea groups is 1. The predicted molar refractivity (Wildman–Crippen MR) is 82.1 cm³/mol. The number of hydrogen-bond donors (Lipinski definition) is 3. The molecular weight excluding hydrogens is 268 g/mol. The number of carboxylic acids is 1. The summed E-state index contributed by atoms with van der Waals surface area (Å²) in [6.45, 7) is 0.696. The van der Waals surface area contributed by atoms with E-state index in [1.807, 2.05) is 0 Å². The lowest BCUT2D eigenvalue weighted by Gasteiger charge is -2.07. The van der Waals surface area contributed by atoms with Crippen LogP contribution in [0.1, 0.15) is 31.2 Å². The fourth-order valence-electron chi connectivity index (χ4n) is 2.02. The van der Waals surface area contributed by atoms with Crippen LogP contribution in [0.2, 0.25) is 0 Å². The minimum Gasteiger partial charge on any atom is -0.478 e. The van der Waals surface area contributed by atoms with Crippen LogP contribution in [0.25, 0.3) is 6.08 Å². The van der Waals surface area contributed by atoms with Crippen LogP contribution in [-0.4, -0.2) is 23.7 Å². The van der Waals surface area contributed by atoms with Crippen LogP contribution in [0, 0.1) is 5.92 Å². The Balaban J connectivity index is 1.71. The number of anilines is 1. The summed E-state index contributed by atoms with van der Waals surface area (Å²) < 4.78 is 0. The third-order valence-electron chi connectivity index (χ3n) is 3.36. The van der Waals surface area contributed by atoms with Gasteiger partial charge in [0.2, 0.25) is 0 Å². The molecule has 0 spiro atoms. The van der Waals surface area contributed by atoms with E-state index in [1.54, 1.807) is 24.3 Å². The second kappa shape index (κ2) is 7.47. The summed E-state index contributed by atoms with van der Waals surface area (Å²) >= 11 is 0. The van der Waals surface area contributed by atoms with Gasteiger partial charge in [0.25, 0.3) is 0 Å². The van der Waals surface area contributed by atoms with Crippen LogP contribution in [-0.2, 0) is 4.79 Å². The number of hydrogen-bond acceptors (Lipinski definition) is 2. The van der Waals surface area contributed by atoms with Crippen molar-refractivity contribution in [1.29, 1.82) is 0 Å². The van der Waals surface area contributed by atoms with E-state index in [0.717, 1.165) is 24.0 Å². The topological polar surface area (TPSA) is 78.4 Å². The van der Waals surface area contributed by atoms with E-state index in [1.165, 1.54) is 25.3 Å². The minimum atomic E-state index is -0.984. The summed E-state index contributed by atoms with van der Waals surface area (Å²) in [7, 11) is 0. The van der Waals surface area contributed by atoms with Crippen molar-refractivity contribution < 1.29 is 14.7 Å². The number of aliphatic carboxylic acids is 1. The molecule has 112 valence electrons. The van der Waals surface area contributed by atoms with E-state index >= 15 is 0 Å². The molecule has 1 fully saturated rings. The number of carbonyl (C=O) groups excluding carboxylic acids is 1. The standard InChI is InChI=1S/C16H20N2O3/c19-15(20)10-7-13-5-8-14(9-6-13)18-16(21)17-11-1-2-12-3-4-12/h5-10,12H,1-4,11H2,(H,19,20)(H2,17,18,21)/b10-7+. The first-order chi connectivity index (χ1) is 10.1. The zero-order valence-corrected chi connectivity index (χ0v) is 11.8. The molecule has 2 rings (SSSR count). The summed E-state index contributed by atoms with van der Waals surface area (Å²) in [4.78, 5) is 22.1. The summed E-state index contributed by atoms with van der Waals surface area (Å²) in [5, 5.41) is 14.1. The summed E-state index contributed by atoms with van der Waals surface area (Å²) in [6.07, 6.45) is 7.49. The van der Waals surface area contributed by atoms with Gasteiger partial charge in [0.15, 0.2) is 0 Å². The molecular formula is C16H20N2O3. The minimum absolute atomic E-state index is 0.209. The van der Waals surface area contributed by atoms with Gasteiger partial charge in [-0.3, -0.25) is 0 Å². The molecule has 0 aromatic heterocycles. The number of benzene rings is 1. The van der Waals surface area contributed by atoms with Gasteiger partial charge in [-0.05, 0) is 42.5 Å². The normalized spacial score (nSPS) is 14.1. The molecule has 21 heavy (non-hydrogen) atoms. The lowest BCUT2D eigenvalue weighted by Crippen LogP contribution is -2.29. The number of nitrogens with one attached hydrogen (secondary N) is 2. The fraction of sp³-hybridized carbons (Fsp3) is 0.375. The highest BCUT2D eigenvalue weighted by Crippen LogP contribution is 2.33. The average molecular weight is 288 g/mol. The molecule has 1 aliphatic carbocycles. The van der Waals surface area contributed by atoms with Crippen LogP contribution < -0.4 is 10.6 Å². The molecule has 0 bridgehead atoms. The Morgan fingerprint density at radius 1 is 1.24 bits per heavy atom. The SMILES string of the molecule is O=C(O)/C=C/c1ccc(NC(=O)NCCCC2CC2)cc1. The van der Waals surface area contributed by atoms with E-state index in [0.29, 0.717) is 12.2 Å². The van der Waals surface area contributed by atoms with Crippen molar-refractivity contribution in [3.05, 3.63) is 35.9 Å². The van der Waals surface area contributed by atoms with E-state index in [9.17, 15) is 9.59 Å². The molecule has 0 radical (unpaired) electrons. The van der Waals surface area contributed by atoms with Crippen molar-refractivity contribution in [3.63, 3.8) is 0 Å². The van der Waals surface area contributed by atoms with Gasteiger partial charge in [0.1, 0.15) is 0 Å². The van der Waals surface area contributed by atoms with Crippen molar-refractivity contribution >= 4 is 23.8 Å². The van der Waals surface area contributed by atoms with Crippen molar-refractivity contribution in [2.45, 2.75) is 25.7 Å². The lowest BCUT2D eigenvalue weighted by atomic mass is 10.2. The highest BCUT2D eigenvalue weighted by molar-refractivity contribution is 5.89. The maximum absolute atomic E-state index is 11.7. The Morgan fingerprint density at radius 3 is 2.57 bits per heavy atom. The third kappa shape index (κ3) is 6.12. The second-order valence-corrected chi connectivity index (χ2v) is 5.26. The highest BCUT2D eigenvalue weighted by atomic mass is 16.4. The Labute approximate surface area is 124 Å². The highest BCUT2D eigenvalue weighted by Gasteiger charge is 2.20. The summed E-state index contributed by atoms with van der Waals surface area (Å²) in [6, 6.07) is 6.78. The largest absolute Gasteiger partial charge is 0.478 e. The molecule has 0 unspecified atom stereocenters. The maximum atomic E-state index is 11.7. The van der Waals surface area contributed by atoms with Gasteiger partial charge in [0, 0.05) is 18.3 Å². The first kappa shape index (κ1) is 15.1. The second-order valence-electron chi connectivity index (χ2n) is 5.26. The predicted octanol–water partition coefficient (Wildman–Crippen LogP) is 3.10. The van der Waals surface area contributed by atoms with E-state index in [2.05, 4.69) is 10.6 Å². The first-order valence-corrected chi connectivity index (χ1v) is 7.19. The first-order valence-electron chi connectivity index (χ1n) is 7.19. The van der Waals surface area contributed by atoms with Crippen molar-refractivity contribution in [2.24, 2.45) is 5.92 Å². The molecule has 1 aromatic rings. The zero-order chi connectivity index (χ0) is 15.1. The van der Waals surface area contributed by atoms with Crippen LogP contribution >= 0.6 is 0 Å². The van der Waals surface area contributed by atoms with E-state index in [4.69, 9.17) is 5.11 Å². The van der Waals surface area contributed by atoms with Crippen LogP contribution in [0.4, 0.5) is 10.5 Å². The van der Waals surface area contributed by atoms with E-state index in [-0.39, 0.29) is 6.03 Å². The van der Waals surface area contributed by atoms with Crippen LogP contribution in [0.15, 0.2) is 30.3 Å². The Kier molecular flexibility index (Phi) is 5.37. The van der Waals surface area contributed by atoms with Gasteiger partial charge >= 0.3 is 12.0 Å². The average Bonchev–Trinajstić information content (AvgIpc) is 3.27. The number of amides is 2. The zero-order valence-electron chi connectivity index (χ0n) is 11.8. The molecule has 1 aliphatic rings. The lowest BCUT2D eigenvalue weighted by molar-refractivity contribution is -0.131. The van der Waals surface area contributed by atoms with Crippen molar-refractivity contribution in [2.75, 3.05) is 11.9 Å². The third-order valence-corrected chi connectivity index (χ3v) is 3.36. The molecule has 5 nitrogen and oxygen atoms in total. The maximum Gasteiger partial charge on any atom is 0.328 e. The van der Waals surface area contributed by atoms with Gasteiger partial charge in [-0.2, -0.15) is 0 Å². The Bertz CT molecular complexity index is 519. The number of rotatable bonds is 7. The monoisotopic (exact) mass is 288 g/mol. The smallest absolute Gasteiger partial charge is 0.328 e. The quantitative estimate of drug-likeness (QED) is 0.533. The van der Waals surface area contributed by atoms with Gasteiger partial charge in [-0.1, -0.05) is 25.0 Å². The Morgan fingerprint density at radius 2 is 1.95 bits per heavy atom. The molecule has 2 amide bonds. The molecule has 0 atom stereocenters. The molecule has 1 aromatic carbocycles. The fourth-order valence-corrected chi connectivity index (χ4v) is 2.02. The van der Waals surface area contributed by atoms with Crippen LogP contribution in [0.3, 0.4) is 0 Å². The van der Waals surface area contributed by atoms with Crippen molar-refractivity contribution in [3.8, 4) is 0 Å². The molecule has 0 saturated heterocycles. The summed E-state index contributed by atoms with van der Waals surface area (Å²) in [5.41, 5.74) is 1.45. The van der Waals surface area contributed by atoms with Crippen molar-refractivity contribution in [1.82, 2.24) is 5.32 Å².